The number of aliphatic carboxylic acids is 1. The zero-order valence-corrected chi connectivity index (χ0v) is 8.98. The monoisotopic (exact) mass is 238 g/mol. The van der Waals surface area contributed by atoms with Crippen molar-refractivity contribution in [3.63, 3.8) is 0 Å². The molecule has 1 aromatic rings. The number of carboxylic acid groups (broad SMARTS) is 1. The number of carboxylic acids is 1. The van der Waals surface area contributed by atoms with Gasteiger partial charge in [-0.1, -0.05) is 17.4 Å². The number of hydrogen-bond donors (Lipinski definition) is 1. The third kappa shape index (κ3) is 3.86. The maximum atomic E-state index is 10.6. The van der Waals surface area contributed by atoms with Crippen molar-refractivity contribution in [1.29, 1.82) is 0 Å². The van der Waals surface area contributed by atoms with Gasteiger partial charge in [0.1, 0.15) is 6.54 Å². The second-order valence-electron chi connectivity index (χ2n) is 3.14. The van der Waals surface area contributed by atoms with Gasteiger partial charge in [-0.25, -0.2) is 0 Å². The first kappa shape index (κ1) is 12.6. The summed E-state index contributed by atoms with van der Waals surface area (Å²) in [6.45, 7) is -0.329. The maximum Gasteiger partial charge on any atom is 0.324 e. The highest BCUT2D eigenvalue weighted by molar-refractivity contribution is 5.68. The molecule has 0 amide bonds. The van der Waals surface area contributed by atoms with Crippen LogP contribution in [0.5, 0.6) is 0 Å². The normalized spacial score (nSPS) is 10.4. The van der Waals surface area contributed by atoms with E-state index in [0.717, 1.165) is 5.01 Å². The molecule has 1 N–H and O–H groups in total. The quantitative estimate of drug-likeness (QED) is 0.476. The van der Waals surface area contributed by atoms with Crippen LogP contribution in [-0.2, 0) is 4.79 Å². The van der Waals surface area contributed by atoms with E-state index in [1.807, 2.05) is 0 Å². The van der Waals surface area contributed by atoms with Crippen LogP contribution in [0.15, 0.2) is 34.6 Å². The second kappa shape index (κ2) is 5.54. The lowest BCUT2D eigenvalue weighted by Crippen LogP contribution is -2.19. The third-order valence-corrected chi connectivity index (χ3v) is 1.75. The molecule has 0 fully saturated rings. The van der Waals surface area contributed by atoms with E-state index in [1.165, 1.54) is 25.2 Å². The molecular weight excluding hydrogens is 228 g/mol. The van der Waals surface area contributed by atoms with Crippen molar-refractivity contribution in [2.24, 2.45) is 10.3 Å². The molecule has 8 heteroatoms. The first-order valence-electron chi connectivity index (χ1n) is 4.58. The average molecular weight is 238 g/mol. The highest BCUT2D eigenvalue weighted by atomic mass is 16.6. The molecule has 0 unspecified atom stereocenters. The summed E-state index contributed by atoms with van der Waals surface area (Å²) in [4.78, 5) is 20.4. The number of nitrogens with zero attached hydrogens (tertiary/aromatic N) is 4. The molecule has 0 saturated carbocycles. The number of nitro benzene ring substituents is 1. The van der Waals surface area contributed by atoms with Crippen molar-refractivity contribution < 1.29 is 14.8 Å². The molecule has 8 nitrogen and oxygen atoms in total. The van der Waals surface area contributed by atoms with Gasteiger partial charge >= 0.3 is 5.97 Å². The third-order valence-electron chi connectivity index (χ3n) is 1.75. The molecule has 0 aliphatic heterocycles. The average Bonchev–Trinajstić information content (AvgIpc) is 2.25. The van der Waals surface area contributed by atoms with Gasteiger partial charge in [0.15, 0.2) is 5.69 Å². The molecule has 0 spiro atoms. The minimum absolute atomic E-state index is 0.0785. The van der Waals surface area contributed by atoms with E-state index in [4.69, 9.17) is 5.11 Å². The molecule has 0 bridgehead atoms. The predicted molar refractivity (Wildman–Crippen MR) is 57.9 cm³/mol. The number of para-hydroxylation sites is 1. The topological polar surface area (TPSA) is 108 Å². The Labute approximate surface area is 96.3 Å². The van der Waals surface area contributed by atoms with Crippen molar-refractivity contribution in [2.75, 3.05) is 13.6 Å². The smallest absolute Gasteiger partial charge is 0.324 e. The van der Waals surface area contributed by atoms with Crippen LogP contribution >= 0.6 is 0 Å². The van der Waals surface area contributed by atoms with Crippen molar-refractivity contribution in [2.45, 2.75) is 0 Å². The zero-order valence-electron chi connectivity index (χ0n) is 8.98. The van der Waals surface area contributed by atoms with Crippen LogP contribution < -0.4 is 0 Å². The zero-order chi connectivity index (χ0) is 12.8. The van der Waals surface area contributed by atoms with Gasteiger partial charge in [0.2, 0.25) is 0 Å². The summed E-state index contributed by atoms with van der Waals surface area (Å²) in [6.07, 6.45) is 0. The summed E-state index contributed by atoms with van der Waals surface area (Å²) in [5.41, 5.74) is -0.102. The van der Waals surface area contributed by atoms with Crippen molar-refractivity contribution in [3.05, 3.63) is 34.4 Å². The summed E-state index contributed by atoms with van der Waals surface area (Å²) >= 11 is 0. The van der Waals surface area contributed by atoms with Gasteiger partial charge in [-0.15, -0.1) is 5.11 Å². The number of carbonyl (C=O) groups is 1. The number of rotatable bonds is 5. The lowest BCUT2D eigenvalue weighted by molar-refractivity contribution is -0.384. The van der Waals surface area contributed by atoms with Gasteiger partial charge in [-0.3, -0.25) is 19.9 Å². The Morgan fingerprint density at radius 3 is 2.76 bits per heavy atom. The molecule has 1 rings (SSSR count). The highest BCUT2D eigenvalue weighted by Gasteiger charge is 2.11. The molecule has 0 atom stereocenters. The standard InChI is InChI=1S/C9H10N4O4/c1-12(6-9(14)15)11-10-7-4-2-3-5-8(7)13(16)17/h2-5H,6H2,1H3,(H,14,15)/b11-10+. The summed E-state index contributed by atoms with van der Waals surface area (Å²) in [6, 6.07) is 5.82. The van der Waals surface area contributed by atoms with E-state index in [1.54, 1.807) is 6.07 Å². The molecule has 0 heterocycles. The van der Waals surface area contributed by atoms with E-state index in [0.29, 0.717) is 0 Å². The summed E-state index contributed by atoms with van der Waals surface area (Å²) in [5, 5.41) is 27.4. The van der Waals surface area contributed by atoms with Crippen molar-refractivity contribution >= 4 is 17.3 Å². The Balaban J connectivity index is 2.84. The van der Waals surface area contributed by atoms with Gasteiger partial charge in [0.05, 0.1) is 4.92 Å². The van der Waals surface area contributed by atoms with Crippen LogP contribution in [0.1, 0.15) is 0 Å². The Morgan fingerprint density at radius 1 is 1.53 bits per heavy atom. The molecule has 0 aliphatic carbocycles. The fraction of sp³-hybridized carbons (Fsp3) is 0.222. The van der Waals surface area contributed by atoms with E-state index >= 15 is 0 Å². The Hall–Kier alpha value is -2.51. The lowest BCUT2D eigenvalue weighted by Gasteiger charge is -2.06. The van der Waals surface area contributed by atoms with Crippen LogP contribution in [0, 0.1) is 10.1 Å². The summed E-state index contributed by atoms with van der Waals surface area (Å²) in [7, 11) is 1.41. The van der Waals surface area contributed by atoms with Crippen LogP contribution in [0.25, 0.3) is 0 Å². The maximum absolute atomic E-state index is 10.6. The van der Waals surface area contributed by atoms with Crippen molar-refractivity contribution in [1.82, 2.24) is 5.01 Å². The molecule has 17 heavy (non-hydrogen) atoms. The van der Waals surface area contributed by atoms with Crippen LogP contribution in [-0.4, -0.2) is 34.6 Å². The van der Waals surface area contributed by atoms with Gasteiger partial charge in [0.25, 0.3) is 5.69 Å². The van der Waals surface area contributed by atoms with E-state index in [-0.39, 0.29) is 17.9 Å². The fourth-order valence-corrected chi connectivity index (χ4v) is 1.06. The molecule has 0 aliphatic rings. The minimum atomic E-state index is -1.06. The SMILES string of the molecule is CN(CC(=O)O)/N=N/c1ccccc1[N+](=O)[O-]. The number of benzene rings is 1. The summed E-state index contributed by atoms with van der Waals surface area (Å²) in [5.74, 6) is -1.06. The van der Waals surface area contributed by atoms with E-state index in [2.05, 4.69) is 10.3 Å². The number of nitro groups is 1. The fourth-order valence-electron chi connectivity index (χ4n) is 1.06. The molecule has 90 valence electrons. The Bertz CT molecular complexity index is 460. The van der Waals surface area contributed by atoms with Crippen molar-refractivity contribution in [3.8, 4) is 0 Å². The molecule has 0 saturated heterocycles. The van der Waals surface area contributed by atoms with Gasteiger partial charge in [-0.05, 0) is 6.07 Å². The number of hydrogen-bond acceptors (Lipinski definition) is 5. The lowest BCUT2D eigenvalue weighted by atomic mass is 10.3. The minimum Gasteiger partial charge on any atom is -0.480 e. The second-order valence-corrected chi connectivity index (χ2v) is 3.14. The van der Waals surface area contributed by atoms with Crippen LogP contribution in [0.4, 0.5) is 11.4 Å². The van der Waals surface area contributed by atoms with Crippen LogP contribution in [0.3, 0.4) is 0 Å². The van der Waals surface area contributed by atoms with Gasteiger partial charge < -0.3 is 5.11 Å². The molecular formula is C9H10N4O4. The number of likely N-dealkylation sites (N-methyl/N-ethyl adjacent to an activating group) is 1. The van der Waals surface area contributed by atoms with E-state index < -0.39 is 10.9 Å². The highest BCUT2D eigenvalue weighted by Crippen LogP contribution is 2.26. The first-order chi connectivity index (χ1) is 8.00. The summed E-state index contributed by atoms with van der Waals surface area (Å²) < 4.78 is 0. The Morgan fingerprint density at radius 2 is 2.18 bits per heavy atom. The Kier molecular flexibility index (Phi) is 4.09. The molecule has 0 radical (unpaired) electrons. The largest absolute Gasteiger partial charge is 0.480 e. The van der Waals surface area contributed by atoms with Gasteiger partial charge in [0, 0.05) is 13.1 Å². The van der Waals surface area contributed by atoms with Crippen LogP contribution in [0.2, 0.25) is 0 Å². The molecule has 0 aromatic heterocycles. The first-order valence-corrected chi connectivity index (χ1v) is 4.58. The predicted octanol–water partition coefficient (Wildman–Crippen LogP) is 1.61. The molecule has 1 aromatic carbocycles. The van der Waals surface area contributed by atoms with E-state index in [9.17, 15) is 14.9 Å². The van der Waals surface area contributed by atoms with Gasteiger partial charge in [-0.2, -0.15) is 0 Å².